The van der Waals surface area contributed by atoms with Gasteiger partial charge in [0.2, 0.25) is 5.52 Å². The van der Waals surface area contributed by atoms with E-state index >= 15 is 0 Å². The molecule has 3 aromatic rings. The van der Waals surface area contributed by atoms with Crippen molar-refractivity contribution in [2.75, 3.05) is 26.1 Å². The van der Waals surface area contributed by atoms with E-state index in [0.29, 0.717) is 12.0 Å². The molecular formula is C31H35N2O2S2+. The number of methoxy groups -OCH3 is 1. The summed E-state index contributed by atoms with van der Waals surface area (Å²) in [5.41, 5.74) is 4.79. The topological polar surface area (TPSA) is 33.4 Å². The van der Waals surface area contributed by atoms with E-state index < -0.39 is 0 Å². The third kappa shape index (κ3) is 7.12. The lowest BCUT2D eigenvalue weighted by Gasteiger charge is -2.17. The molecule has 0 N–H and O–H groups in total. The van der Waals surface area contributed by atoms with Crippen molar-refractivity contribution in [1.29, 1.82) is 0 Å². The maximum atomic E-state index is 12.3. The standard InChI is InChI=1S/C31H35N2O2S2/c1-8-24(25(9-2)31(34)35-7)19-18-23(21-30-33(6)27-15-11-13-17-29(27)37-30)20-22(3)36-28-16-12-10-14-26(28)32(4)5/h9-21H,2,8H2,1,3-7H3/q+1/b19-18+,22-20+,23-21+,25-24+. The van der Waals surface area contributed by atoms with Crippen LogP contribution in [0, 0.1) is 0 Å². The van der Waals surface area contributed by atoms with Crippen LogP contribution in [0.4, 0.5) is 5.69 Å². The molecule has 2 aromatic carbocycles. The second kappa shape index (κ2) is 13.3. The zero-order chi connectivity index (χ0) is 26.9. The number of nitrogens with zero attached hydrogens (tertiary/aromatic N) is 2. The van der Waals surface area contributed by atoms with Gasteiger partial charge in [0, 0.05) is 31.1 Å². The first kappa shape index (κ1) is 28.2. The van der Waals surface area contributed by atoms with Crippen LogP contribution in [-0.4, -0.2) is 27.2 Å². The summed E-state index contributed by atoms with van der Waals surface area (Å²) in [4.78, 5) is 16.8. The van der Waals surface area contributed by atoms with E-state index in [0.717, 1.165) is 21.1 Å². The lowest BCUT2D eigenvalue weighted by molar-refractivity contribution is -0.642. The zero-order valence-corrected chi connectivity index (χ0v) is 24.1. The van der Waals surface area contributed by atoms with E-state index in [2.05, 4.69) is 111 Å². The molecule has 0 bridgehead atoms. The predicted molar refractivity (Wildman–Crippen MR) is 160 cm³/mol. The smallest absolute Gasteiger partial charge is 0.338 e. The van der Waals surface area contributed by atoms with E-state index in [1.807, 2.05) is 13.0 Å². The fourth-order valence-corrected chi connectivity index (χ4v) is 6.08. The molecule has 6 heteroatoms. The lowest BCUT2D eigenvalue weighted by atomic mass is 10.0. The van der Waals surface area contributed by atoms with Crippen molar-refractivity contribution in [2.24, 2.45) is 7.05 Å². The average molecular weight is 532 g/mol. The first-order chi connectivity index (χ1) is 17.8. The maximum absolute atomic E-state index is 12.3. The number of carbonyl (C=O) groups is 1. The number of anilines is 1. The van der Waals surface area contributed by atoms with Crippen LogP contribution in [0.2, 0.25) is 0 Å². The van der Waals surface area contributed by atoms with Crippen molar-refractivity contribution in [3.05, 3.63) is 106 Å². The Bertz CT molecular complexity index is 1410. The molecule has 1 heterocycles. The summed E-state index contributed by atoms with van der Waals surface area (Å²) in [5.74, 6) is -0.375. The van der Waals surface area contributed by atoms with Gasteiger partial charge in [-0.1, -0.05) is 79.1 Å². The molecule has 37 heavy (non-hydrogen) atoms. The normalized spacial score (nSPS) is 13.1. The third-order valence-corrected chi connectivity index (χ3v) is 8.03. The first-order valence-corrected chi connectivity index (χ1v) is 13.8. The van der Waals surface area contributed by atoms with Crippen molar-refractivity contribution < 1.29 is 14.1 Å². The molecule has 1 aromatic heterocycles. The van der Waals surface area contributed by atoms with Crippen molar-refractivity contribution in [3.8, 4) is 0 Å². The van der Waals surface area contributed by atoms with E-state index in [-0.39, 0.29) is 5.97 Å². The Labute approximate surface area is 229 Å². The summed E-state index contributed by atoms with van der Waals surface area (Å²) < 4.78 is 8.42. The highest BCUT2D eigenvalue weighted by Gasteiger charge is 2.15. The van der Waals surface area contributed by atoms with E-state index in [9.17, 15) is 4.79 Å². The van der Waals surface area contributed by atoms with Crippen molar-refractivity contribution in [1.82, 2.24) is 0 Å². The number of aryl methyl sites for hydroxylation is 1. The summed E-state index contributed by atoms with van der Waals surface area (Å²) in [6.07, 6.45) is 10.7. The van der Waals surface area contributed by atoms with E-state index in [1.54, 1.807) is 29.2 Å². The highest BCUT2D eigenvalue weighted by molar-refractivity contribution is 8.03. The van der Waals surface area contributed by atoms with Crippen LogP contribution in [0.3, 0.4) is 0 Å². The van der Waals surface area contributed by atoms with E-state index in [4.69, 9.17) is 4.74 Å². The molecule has 0 atom stereocenters. The average Bonchev–Trinajstić information content (AvgIpc) is 3.21. The Morgan fingerprint density at radius 3 is 2.49 bits per heavy atom. The van der Waals surface area contributed by atoms with Gasteiger partial charge in [0.1, 0.15) is 11.7 Å². The minimum Gasteiger partial charge on any atom is -0.465 e. The van der Waals surface area contributed by atoms with Gasteiger partial charge in [0.05, 0.1) is 18.4 Å². The predicted octanol–water partition coefficient (Wildman–Crippen LogP) is 7.49. The van der Waals surface area contributed by atoms with Crippen molar-refractivity contribution in [2.45, 2.75) is 25.2 Å². The molecule has 0 spiro atoms. The van der Waals surface area contributed by atoms with Crippen LogP contribution in [0.15, 0.2) is 106 Å². The number of thiazole rings is 1. The number of carbonyl (C=O) groups excluding carboxylic acids is 1. The summed E-state index contributed by atoms with van der Waals surface area (Å²) in [7, 11) is 7.61. The van der Waals surface area contributed by atoms with Gasteiger partial charge in [-0.15, -0.1) is 0 Å². The maximum Gasteiger partial charge on any atom is 0.338 e. The van der Waals surface area contributed by atoms with Crippen LogP contribution in [-0.2, 0) is 16.6 Å². The van der Waals surface area contributed by atoms with Crippen molar-refractivity contribution in [3.63, 3.8) is 0 Å². The van der Waals surface area contributed by atoms with Gasteiger partial charge in [0.25, 0.3) is 5.01 Å². The molecule has 3 rings (SSSR count). The minimum absolute atomic E-state index is 0.375. The SMILES string of the molecule is C=C\C(C(=O)OC)=C(/C=C/C(=C\c1sc2ccccc2[n+]1C)/C=C(\C)Sc1ccccc1N(C)C)CC. The summed E-state index contributed by atoms with van der Waals surface area (Å²) in [5, 5.41) is 1.14. The first-order valence-electron chi connectivity index (χ1n) is 12.1. The van der Waals surface area contributed by atoms with Gasteiger partial charge >= 0.3 is 5.97 Å². The summed E-state index contributed by atoms with van der Waals surface area (Å²) in [6.45, 7) is 7.97. The summed E-state index contributed by atoms with van der Waals surface area (Å²) in [6, 6.07) is 16.8. The molecular weight excluding hydrogens is 496 g/mol. The fourth-order valence-electron chi connectivity index (χ4n) is 3.93. The van der Waals surface area contributed by atoms with E-state index in [1.165, 1.54) is 27.9 Å². The molecule has 0 fully saturated rings. The Balaban J connectivity index is 2.09. The number of fused-ring (bicyclic) bond motifs is 1. The van der Waals surface area contributed by atoms with Crippen LogP contribution >= 0.6 is 23.1 Å². The molecule has 4 nitrogen and oxygen atoms in total. The quantitative estimate of drug-likeness (QED) is 0.0892. The number of hydrogen-bond donors (Lipinski definition) is 0. The Morgan fingerprint density at radius 1 is 1.14 bits per heavy atom. The number of rotatable bonds is 10. The van der Waals surface area contributed by atoms with Gasteiger partial charge in [-0.2, -0.15) is 4.57 Å². The number of ether oxygens (including phenoxy) is 1. The third-order valence-electron chi connectivity index (χ3n) is 5.86. The largest absolute Gasteiger partial charge is 0.465 e. The van der Waals surface area contributed by atoms with Crippen LogP contribution in [0.1, 0.15) is 25.3 Å². The molecule has 0 saturated heterocycles. The Hall–Kier alpha value is -3.35. The number of aromatic nitrogens is 1. The lowest BCUT2D eigenvalue weighted by Crippen LogP contribution is -2.28. The van der Waals surface area contributed by atoms with Gasteiger partial charge in [0.15, 0.2) is 0 Å². The molecule has 192 valence electrons. The molecule has 0 aliphatic heterocycles. The fraction of sp³-hybridized carbons (Fsp3) is 0.226. The monoisotopic (exact) mass is 531 g/mol. The summed E-state index contributed by atoms with van der Waals surface area (Å²) >= 11 is 3.50. The molecule has 0 amide bonds. The number of para-hydroxylation sites is 2. The Morgan fingerprint density at radius 2 is 1.84 bits per heavy atom. The number of esters is 1. The number of thioether (sulfide) groups is 1. The van der Waals surface area contributed by atoms with Gasteiger partial charge in [-0.05, 0) is 53.7 Å². The number of benzene rings is 2. The molecule has 0 unspecified atom stereocenters. The van der Waals surface area contributed by atoms with Gasteiger partial charge in [-0.3, -0.25) is 0 Å². The zero-order valence-electron chi connectivity index (χ0n) is 22.4. The van der Waals surface area contributed by atoms with Crippen LogP contribution < -0.4 is 9.47 Å². The molecule has 0 aliphatic carbocycles. The van der Waals surface area contributed by atoms with Crippen molar-refractivity contribution >= 4 is 51.0 Å². The molecule has 0 radical (unpaired) electrons. The second-order valence-corrected chi connectivity index (χ2v) is 11.0. The van der Waals surface area contributed by atoms with Crippen LogP contribution in [0.25, 0.3) is 16.3 Å². The highest BCUT2D eigenvalue weighted by Crippen LogP contribution is 2.34. The van der Waals surface area contributed by atoms with Gasteiger partial charge < -0.3 is 9.64 Å². The number of hydrogen-bond acceptors (Lipinski definition) is 5. The molecule has 0 aliphatic rings. The minimum atomic E-state index is -0.375. The highest BCUT2D eigenvalue weighted by atomic mass is 32.2. The molecule has 0 saturated carbocycles. The van der Waals surface area contributed by atoms with Crippen LogP contribution in [0.5, 0.6) is 0 Å². The van der Waals surface area contributed by atoms with Gasteiger partial charge in [-0.25, -0.2) is 4.79 Å². The second-order valence-electron chi connectivity index (χ2n) is 8.65. The Kier molecular flexibility index (Phi) is 10.1. The number of allylic oxidation sites excluding steroid dienone is 6.